The van der Waals surface area contributed by atoms with Crippen molar-refractivity contribution in [2.45, 2.75) is 53.0 Å². The minimum absolute atomic E-state index is 0.0301. The summed E-state index contributed by atoms with van der Waals surface area (Å²) >= 11 is 0. The molecule has 1 unspecified atom stereocenters. The molecule has 1 aliphatic carbocycles. The summed E-state index contributed by atoms with van der Waals surface area (Å²) < 4.78 is 0. The van der Waals surface area contributed by atoms with Crippen LogP contribution in [-0.4, -0.2) is 35.8 Å². The van der Waals surface area contributed by atoms with Gasteiger partial charge in [0.1, 0.15) is 6.04 Å². The third-order valence-corrected chi connectivity index (χ3v) is 4.20. The lowest BCUT2D eigenvalue weighted by molar-refractivity contribution is -0.149. The number of nitrogens with one attached hydrogen (secondary N) is 1. The topological polar surface area (TPSA) is 49.4 Å². The van der Waals surface area contributed by atoms with Crippen molar-refractivity contribution in [3.8, 4) is 0 Å². The molecule has 2 fully saturated rings. The molecule has 2 aliphatic rings. The van der Waals surface area contributed by atoms with Crippen LogP contribution in [-0.2, 0) is 9.59 Å². The van der Waals surface area contributed by atoms with E-state index in [4.69, 9.17) is 0 Å². The maximum absolute atomic E-state index is 12.4. The van der Waals surface area contributed by atoms with Gasteiger partial charge in [0.2, 0.25) is 11.8 Å². The van der Waals surface area contributed by atoms with Crippen molar-refractivity contribution in [1.82, 2.24) is 10.2 Å². The van der Waals surface area contributed by atoms with Gasteiger partial charge in [0.05, 0.1) is 6.54 Å². The van der Waals surface area contributed by atoms with Gasteiger partial charge < -0.3 is 10.2 Å². The largest absolute Gasteiger partial charge is 0.342 e. The molecule has 0 aromatic rings. The molecule has 1 N–H and O–H groups in total. The molecule has 0 spiro atoms. The van der Waals surface area contributed by atoms with Crippen LogP contribution in [0.15, 0.2) is 0 Å². The Morgan fingerprint density at radius 2 is 1.94 bits per heavy atom. The van der Waals surface area contributed by atoms with Crippen LogP contribution in [0, 0.1) is 10.8 Å². The molecular formula is C14H24N2O2. The summed E-state index contributed by atoms with van der Waals surface area (Å²) in [6.07, 6.45) is 3.57. The van der Waals surface area contributed by atoms with Crippen LogP contribution >= 0.6 is 0 Å². The maximum Gasteiger partial charge on any atom is 0.246 e. The zero-order chi connectivity index (χ0) is 13.6. The van der Waals surface area contributed by atoms with Crippen LogP contribution in [0.3, 0.4) is 0 Å². The monoisotopic (exact) mass is 252 g/mol. The van der Waals surface area contributed by atoms with Crippen LogP contribution < -0.4 is 5.32 Å². The van der Waals surface area contributed by atoms with Crippen molar-refractivity contribution >= 4 is 11.8 Å². The lowest BCUT2D eigenvalue weighted by Gasteiger charge is -2.46. The molecule has 1 saturated carbocycles. The van der Waals surface area contributed by atoms with E-state index in [1.165, 1.54) is 19.3 Å². The fourth-order valence-electron chi connectivity index (χ4n) is 2.82. The van der Waals surface area contributed by atoms with Gasteiger partial charge in [0, 0.05) is 6.54 Å². The summed E-state index contributed by atoms with van der Waals surface area (Å²) in [4.78, 5) is 26.0. The lowest BCUT2D eigenvalue weighted by atomic mass is 9.70. The fourth-order valence-corrected chi connectivity index (χ4v) is 2.82. The average molecular weight is 252 g/mol. The van der Waals surface area contributed by atoms with E-state index < -0.39 is 0 Å². The predicted molar refractivity (Wildman–Crippen MR) is 69.9 cm³/mol. The molecule has 2 rings (SSSR count). The third-order valence-electron chi connectivity index (χ3n) is 4.20. The first-order chi connectivity index (χ1) is 8.21. The Kier molecular flexibility index (Phi) is 3.16. The standard InChI is InChI=1S/C14H24N2O2/c1-13(2,3)11-12(18)16(8-10(17)15-11)9-14(4)6-5-7-14/h11H,5-9H2,1-4H3,(H,15,17). The summed E-state index contributed by atoms with van der Waals surface area (Å²) in [5.41, 5.74) is 0.00163. The van der Waals surface area contributed by atoms with Gasteiger partial charge in [-0.1, -0.05) is 34.1 Å². The summed E-state index contributed by atoms with van der Waals surface area (Å²) in [6, 6.07) is -0.387. The summed E-state index contributed by atoms with van der Waals surface area (Å²) in [5, 5.41) is 2.83. The molecule has 0 radical (unpaired) electrons. The predicted octanol–water partition coefficient (Wildman–Crippen LogP) is 1.55. The zero-order valence-corrected chi connectivity index (χ0v) is 11.9. The molecule has 0 bridgehead atoms. The van der Waals surface area contributed by atoms with Gasteiger partial charge in [-0.25, -0.2) is 0 Å². The molecule has 4 nitrogen and oxygen atoms in total. The van der Waals surface area contributed by atoms with Crippen LogP contribution in [0.2, 0.25) is 0 Å². The van der Waals surface area contributed by atoms with Crippen molar-refractivity contribution in [2.24, 2.45) is 10.8 Å². The van der Waals surface area contributed by atoms with Gasteiger partial charge in [-0.15, -0.1) is 0 Å². The Morgan fingerprint density at radius 3 is 2.39 bits per heavy atom. The SMILES string of the molecule is CC1(CN2CC(=O)NC(C(C)(C)C)C2=O)CCC1. The Morgan fingerprint density at radius 1 is 1.33 bits per heavy atom. The molecule has 2 amide bonds. The second-order valence-corrected chi connectivity index (χ2v) is 7.23. The summed E-state index contributed by atoms with van der Waals surface area (Å²) in [6.45, 7) is 9.13. The molecule has 1 heterocycles. The first kappa shape index (κ1) is 13.4. The van der Waals surface area contributed by atoms with Crippen molar-refractivity contribution < 1.29 is 9.59 Å². The van der Waals surface area contributed by atoms with E-state index in [1.54, 1.807) is 4.90 Å². The summed E-state index contributed by atoms with van der Waals surface area (Å²) in [7, 11) is 0. The number of amides is 2. The number of nitrogens with zero attached hydrogens (tertiary/aromatic N) is 1. The Labute approximate surface area is 109 Å². The van der Waals surface area contributed by atoms with E-state index in [-0.39, 0.29) is 35.2 Å². The highest BCUT2D eigenvalue weighted by Crippen LogP contribution is 2.41. The zero-order valence-electron chi connectivity index (χ0n) is 11.9. The second kappa shape index (κ2) is 4.25. The number of carbonyl (C=O) groups excluding carboxylic acids is 2. The molecule has 1 atom stereocenters. The van der Waals surface area contributed by atoms with Crippen LogP contribution in [0.25, 0.3) is 0 Å². The average Bonchev–Trinajstić information content (AvgIpc) is 2.19. The van der Waals surface area contributed by atoms with Gasteiger partial charge in [-0.2, -0.15) is 0 Å². The molecule has 1 saturated heterocycles. The number of hydrogen-bond donors (Lipinski definition) is 1. The fraction of sp³-hybridized carbons (Fsp3) is 0.857. The van der Waals surface area contributed by atoms with E-state index >= 15 is 0 Å². The van der Waals surface area contributed by atoms with Gasteiger partial charge in [-0.3, -0.25) is 9.59 Å². The quantitative estimate of drug-likeness (QED) is 0.810. The van der Waals surface area contributed by atoms with E-state index in [9.17, 15) is 9.59 Å². The number of rotatable bonds is 2. The van der Waals surface area contributed by atoms with E-state index in [0.717, 1.165) is 6.54 Å². The third kappa shape index (κ3) is 2.52. The van der Waals surface area contributed by atoms with Crippen LogP contribution in [0.4, 0.5) is 0 Å². The van der Waals surface area contributed by atoms with E-state index in [1.807, 2.05) is 20.8 Å². The van der Waals surface area contributed by atoms with Crippen molar-refractivity contribution in [1.29, 1.82) is 0 Å². The lowest BCUT2D eigenvalue weighted by Crippen LogP contribution is -2.63. The van der Waals surface area contributed by atoms with E-state index in [2.05, 4.69) is 12.2 Å². The molecule has 4 heteroatoms. The maximum atomic E-state index is 12.4. The smallest absolute Gasteiger partial charge is 0.246 e. The summed E-state index contributed by atoms with van der Waals surface area (Å²) in [5.74, 6) is 0.0488. The highest BCUT2D eigenvalue weighted by Gasteiger charge is 2.43. The highest BCUT2D eigenvalue weighted by molar-refractivity contribution is 5.95. The molecule has 18 heavy (non-hydrogen) atoms. The van der Waals surface area contributed by atoms with Crippen LogP contribution in [0.5, 0.6) is 0 Å². The minimum atomic E-state index is -0.387. The molecule has 1 aliphatic heterocycles. The molecule has 102 valence electrons. The molecule has 0 aromatic carbocycles. The minimum Gasteiger partial charge on any atom is -0.342 e. The number of hydrogen-bond acceptors (Lipinski definition) is 2. The van der Waals surface area contributed by atoms with Gasteiger partial charge >= 0.3 is 0 Å². The van der Waals surface area contributed by atoms with Crippen molar-refractivity contribution in [2.75, 3.05) is 13.1 Å². The Bertz CT molecular complexity index is 366. The Hall–Kier alpha value is -1.06. The second-order valence-electron chi connectivity index (χ2n) is 7.23. The van der Waals surface area contributed by atoms with E-state index in [0.29, 0.717) is 0 Å². The first-order valence-corrected chi connectivity index (χ1v) is 6.79. The first-order valence-electron chi connectivity index (χ1n) is 6.79. The highest BCUT2D eigenvalue weighted by atomic mass is 16.2. The Balaban J connectivity index is 2.10. The normalized spacial score (nSPS) is 27.8. The van der Waals surface area contributed by atoms with Gasteiger partial charge in [0.25, 0.3) is 0 Å². The number of piperazine rings is 1. The van der Waals surface area contributed by atoms with Crippen molar-refractivity contribution in [3.05, 3.63) is 0 Å². The molecule has 0 aromatic heterocycles. The van der Waals surface area contributed by atoms with Crippen molar-refractivity contribution in [3.63, 3.8) is 0 Å². The molecular weight excluding hydrogens is 228 g/mol. The van der Waals surface area contributed by atoms with Gasteiger partial charge in [0.15, 0.2) is 0 Å². The number of carbonyl (C=O) groups is 2. The van der Waals surface area contributed by atoms with Crippen LogP contribution in [0.1, 0.15) is 47.0 Å². The van der Waals surface area contributed by atoms with Gasteiger partial charge in [-0.05, 0) is 23.7 Å².